The number of aliphatic hydroxyl groups excluding tert-OH is 3. The van der Waals surface area contributed by atoms with Gasteiger partial charge in [-0.1, -0.05) is 6.07 Å². The molecule has 0 bridgehead atoms. The van der Waals surface area contributed by atoms with Crippen LogP contribution < -0.4 is 0 Å². The third-order valence-corrected chi connectivity index (χ3v) is 3.50. The predicted molar refractivity (Wildman–Crippen MR) is 57.6 cm³/mol. The molecule has 2 unspecified atom stereocenters. The van der Waals surface area contributed by atoms with Gasteiger partial charge in [0.05, 0.1) is 12.2 Å². The summed E-state index contributed by atoms with van der Waals surface area (Å²) in [6, 6.07) is 4.00. The average Bonchev–Trinajstić information content (AvgIpc) is 2.66. The smallest absolute Gasteiger partial charge is 0.108 e. The highest BCUT2D eigenvalue weighted by molar-refractivity contribution is 7.09. The molecule has 1 aliphatic heterocycles. The average molecular weight is 229 g/mol. The highest BCUT2D eigenvalue weighted by Crippen LogP contribution is 2.17. The quantitative estimate of drug-likeness (QED) is 0.648. The molecule has 2 atom stereocenters. The van der Waals surface area contributed by atoms with Crippen LogP contribution in [0.25, 0.3) is 0 Å². The molecule has 84 valence electrons. The van der Waals surface area contributed by atoms with Crippen LogP contribution in [0.1, 0.15) is 4.88 Å². The lowest BCUT2D eigenvalue weighted by Gasteiger charge is -2.36. The van der Waals surface area contributed by atoms with E-state index >= 15 is 0 Å². The van der Waals surface area contributed by atoms with Crippen LogP contribution in [0.2, 0.25) is 0 Å². The van der Waals surface area contributed by atoms with E-state index in [1.54, 1.807) is 11.3 Å². The minimum Gasteiger partial charge on any atom is -0.389 e. The molecule has 1 aromatic rings. The highest BCUT2D eigenvalue weighted by atomic mass is 32.1. The van der Waals surface area contributed by atoms with Gasteiger partial charge in [0.25, 0.3) is 0 Å². The lowest BCUT2D eigenvalue weighted by Crippen LogP contribution is -2.54. The van der Waals surface area contributed by atoms with Gasteiger partial charge in [-0.15, -0.1) is 11.3 Å². The molecule has 4 nitrogen and oxygen atoms in total. The standard InChI is InChI=1S/C10H15NO3S/c12-8-5-11(6-9(13)10(8)14)4-7-2-1-3-15-7/h1-3,8-10,12-14H,4-6H2. The summed E-state index contributed by atoms with van der Waals surface area (Å²) in [7, 11) is 0. The normalized spacial score (nSPS) is 33.1. The van der Waals surface area contributed by atoms with E-state index in [4.69, 9.17) is 0 Å². The molecule has 1 aromatic heterocycles. The zero-order valence-corrected chi connectivity index (χ0v) is 9.10. The first-order chi connectivity index (χ1) is 7.16. The van der Waals surface area contributed by atoms with Gasteiger partial charge in [0.15, 0.2) is 0 Å². The number of hydrogen-bond donors (Lipinski definition) is 3. The Bertz CT molecular complexity index is 292. The third-order valence-electron chi connectivity index (χ3n) is 2.64. The summed E-state index contributed by atoms with van der Waals surface area (Å²) in [6.45, 7) is 1.55. The summed E-state index contributed by atoms with van der Waals surface area (Å²) in [6.07, 6.45) is -2.72. The number of hydrogen-bond acceptors (Lipinski definition) is 5. The van der Waals surface area contributed by atoms with Crippen LogP contribution in [-0.4, -0.2) is 51.6 Å². The number of nitrogens with zero attached hydrogens (tertiary/aromatic N) is 1. The van der Waals surface area contributed by atoms with Crippen molar-refractivity contribution in [1.29, 1.82) is 0 Å². The van der Waals surface area contributed by atoms with E-state index in [1.807, 2.05) is 22.4 Å². The van der Waals surface area contributed by atoms with Crippen LogP contribution in [0.3, 0.4) is 0 Å². The van der Waals surface area contributed by atoms with Crippen molar-refractivity contribution in [3.05, 3.63) is 22.4 Å². The molecule has 0 amide bonds. The molecule has 0 spiro atoms. The maximum Gasteiger partial charge on any atom is 0.108 e. The van der Waals surface area contributed by atoms with Crippen LogP contribution in [0.15, 0.2) is 17.5 Å². The van der Waals surface area contributed by atoms with Gasteiger partial charge in [-0.25, -0.2) is 0 Å². The molecule has 1 fully saturated rings. The van der Waals surface area contributed by atoms with Crippen molar-refractivity contribution in [2.24, 2.45) is 0 Å². The topological polar surface area (TPSA) is 63.9 Å². The first-order valence-electron chi connectivity index (χ1n) is 4.96. The molecule has 1 aliphatic rings. The fraction of sp³-hybridized carbons (Fsp3) is 0.600. The van der Waals surface area contributed by atoms with Gasteiger partial charge in [-0.2, -0.15) is 0 Å². The van der Waals surface area contributed by atoms with Crippen molar-refractivity contribution in [3.8, 4) is 0 Å². The number of likely N-dealkylation sites (tertiary alicyclic amines) is 1. The van der Waals surface area contributed by atoms with Crippen LogP contribution in [0, 0.1) is 0 Å². The fourth-order valence-corrected chi connectivity index (χ4v) is 2.57. The van der Waals surface area contributed by atoms with E-state index in [-0.39, 0.29) is 0 Å². The van der Waals surface area contributed by atoms with Crippen molar-refractivity contribution in [2.45, 2.75) is 24.9 Å². The van der Waals surface area contributed by atoms with Crippen molar-refractivity contribution in [3.63, 3.8) is 0 Å². The van der Waals surface area contributed by atoms with Crippen molar-refractivity contribution in [2.75, 3.05) is 13.1 Å². The number of piperidine rings is 1. The third kappa shape index (κ3) is 2.56. The second-order valence-corrected chi connectivity index (χ2v) is 4.93. The zero-order chi connectivity index (χ0) is 10.8. The Balaban J connectivity index is 1.94. The number of rotatable bonds is 2. The highest BCUT2D eigenvalue weighted by Gasteiger charge is 2.33. The maximum absolute atomic E-state index is 9.50. The van der Waals surface area contributed by atoms with E-state index < -0.39 is 18.3 Å². The summed E-state index contributed by atoms with van der Waals surface area (Å²) >= 11 is 1.65. The fourth-order valence-electron chi connectivity index (χ4n) is 1.83. The maximum atomic E-state index is 9.50. The largest absolute Gasteiger partial charge is 0.389 e. The summed E-state index contributed by atoms with van der Waals surface area (Å²) in [5.41, 5.74) is 0. The summed E-state index contributed by atoms with van der Waals surface area (Å²) in [5.74, 6) is 0. The Kier molecular flexibility index (Phi) is 3.38. The lowest BCUT2D eigenvalue weighted by atomic mass is 10.0. The molecule has 2 heterocycles. The first-order valence-corrected chi connectivity index (χ1v) is 5.83. The molecule has 15 heavy (non-hydrogen) atoms. The van der Waals surface area contributed by atoms with Crippen LogP contribution in [0.4, 0.5) is 0 Å². The Morgan fingerprint density at radius 3 is 2.47 bits per heavy atom. The molecule has 1 saturated heterocycles. The molecule has 0 aromatic carbocycles. The molecular weight excluding hydrogens is 214 g/mol. The molecule has 5 heteroatoms. The van der Waals surface area contributed by atoms with Gasteiger partial charge < -0.3 is 15.3 Å². The number of β-amino-alcohol motifs (C(OH)–C–C–N with tert-alkyl or cyclic N) is 2. The van der Waals surface area contributed by atoms with E-state index in [9.17, 15) is 15.3 Å². The summed E-state index contributed by atoms with van der Waals surface area (Å²) in [4.78, 5) is 3.15. The first kappa shape index (κ1) is 11.0. The molecule has 0 saturated carbocycles. The minimum absolute atomic E-state index is 0.413. The zero-order valence-electron chi connectivity index (χ0n) is 8.28. The summed E-state index contributed by atoms with van der Waals surface area (Å²) < 4.78 is 0. The molecule has 0 aliphatic carbocycles. The van der Waals surface area contributed by atoms with Crippen LogP contribution in [0.5, 0.6) is 0 Å². The molecule has 2 rings (SSSR count). The van der Waals surface area contributed by atoms with Gasteiger partial charge in [-0.3, -0.25) is 4.90 Å². The van der Waals surface area contributed by atoms with Gasteiger partial charge in [0.1, 0.15) is 6.10 Å². The van der Waals surface area contributed by atoms with Gasteiger partial charge >= 0.3 is 0 Å². The Morgan fingerprint density at radius 2 is 1.93 bits per heavy atom. The van der Waals surface area contributed by atoms with E-state index in [2.05, 4.69) is 0 Å². The predicted octanol–water partition coefficient (Wildman–Crippen LogP) is -0.354. The van der Waals surface area contributed by atoms with Crippen molar-refractivity contribution in [1.82, 2.24) is 4.90 Å². The van der Waals surface area contributed by atoms with E-state index in [0.29, 0.717) is 13.1 Å². The molecule has 0 radical (unpaired) electrons. The van der Waals surface area contributed by atoms with E-state index in [0.717, 1.165) is 6.54 Å². The molecular formula is C10H15NO3S. The molecule has 3 N–H and O–H groups in total. The second kappa shape index (κ2) is 4.59. The van der Waals surface area contributed by atoms with Gasteiger partial charge in [0, 0.05) is 24.5 Å². The van der Waals surface area contributed by atoms with Gasteiger partial charge in [-0.05, 0) is 11.4 Å². The number of aliphatic hydroxyl groups is 3. The SMILES string of the molecule is OC1CN(Cc2cccs2)CC(O)C1O. The van der Waals surface area contributed by atoms with Crippen LogP contribution in [-0.2, 0) is 6.54 Å². The van der Waals surface area contributed by atoms with E-state index in [1.165, 1.54) is 4.88 Å². The Labute approximate surface area is 92.4 Å². The summed E-state index contributed by atoms with van der Waals surface area (Å²) in [5, 5.41) is 30.4. The minimum atomic E-state index is -1.01. The number of thiophene rings is 1. The van der Waals surface area contributed by atoms with Crippen molar-refractivity contribution >= 4 is 11.3 Å². The second-order valence-electron chi connectivity index (χ2n) is 3.90. The monoisotopic (exact) mass is 229 g/mol. The Morgan fingerprint density at radius 1 is 1.27 bits per heavy atom. The van der Waals surface area contributed by atoms with Crippen LogP contribution >= 0.6 is 11.3 Å². The van der Waals surface area contributed by atoms with Crippen molar-refractivity contribution < 1.29 is 15.3 Å². The lowest BCUT2D eigenvalue weighted by molar-refractivity contribution is -0.111. The van der Waals surface area contributed by atoms with Gasteiger partial charge in [0.2, 0.25) is 0 Å². The Hall–Kier alpha value is -0.460.